The average Bonchev–Trinajstić information content (AvgIpc) is 2.99. The summed E-state index contributed by atoms with van der Waals surface area (Å²) in [5.41, 5.74) is 1.17. The van der Waals surface area contributed by atoms with Crippen molar-refractivity contribution >= 4 is 39.2 Å². The van der Waals surface area contributed by atoms with Crippen LogP contribution in [0.3, 0.4) is 0 Å². The van der Waals surface area contributed by atoms with E-state index in [2.05, 4.69) is 20.6 Å². The van der Waals surface area contributed by atoms with E-state index in [9.17, 15) is 9.59 Å². The van der Waals surface area contributed by atoms with E-state index in [0.29, 0.717) is 23.9 Å². The molecule has 3 N–H and O–H groups in total. The zero-order valence-corrected chi connectivity index (χ0v) is 16.9. The van der Waals surface area contributed by atoms with Crippen LogP contribution in [-0.2, 0) is 23.4 Å². The van der Waals surface area contributed by atoms with E-state index in [1.165, 1.54) is 28.6 Å². The van der Waals surface area contributed by atoms with E-state index >= 15 is 0 Å². The Labute approximate surface area is 161 Å². The molecule has 0 spiro atoms. The standard InChI is InChI=1S/C18H26N4O2S2/c1-3-19-11(2)8-20-15(23)10-25-9-14-21-17(24)16-12-6-4-5-7-13(12)26-18(16)22-14/h11,19H,3-10H2,1-2H3,(H,20,23)(H,21,22,24)/t11-/m1/s1. The summed E-state index contributed by atoms with van der Waals surface area (Å²) < 4.78 is 0. The molecule has 2 heterocycles. The minimum Gasteiger partial charge on any atom is -0.354 e. The number of aromatic nitrogens is 2. The molecule has 0 aromatic carbocycles. The summed E-state index contributed by atoms with van der Waals surface area (Å²) in [6.45, 7) is 5.60. The van der Waals surface area contributed by atoms with Crippen LogP contribution in [0.1, 0.15) is 43.0 Å². The van der Waals surface area contributed by atoms with Crippen LogP contribution in [0.4, 0.5) is 0 Å². The predicted octanol–water partition coefficient (Wildman–Crippen LogP) is 2.21. The van der Waals surface area contributed by atoms with Crippen molar-refractivity contribution in [3.63, 3.8) is 0 Å². The number of hydrogen-bond acceptors (Lipinski definition) is 6. The Bertz CT molecular complexity index is 830. The number of thiophene rings is 1. The third kappa shape index (κ3) is 4.66. The maximum absolute atomic E-state index is 12.5. The Morgan fingerprint density at radius 2 is 2.19 bits per heavy atom. The molecule has 0 fully saturated rings. The number of carbonyl (C=O) groups is 1. The number of likely N-dealkylation sites (N-methyl/N-ethyl adjacent to an activating group) is 1. The third-order valence-electron chi connectivity index (χ3n) is 4.50. The number of hydrogen-bond donors (Lipinski definition) is 3. The van der Waals surface area contributed by atoms with Crippen molar-refractivity contribution in [1.82, 2.24) is 20.6 Å². The summed E-state index contributed by atoms with van der Waals surface area (Å²) in [5.74, 6) is 1.56. The molecule has 0 bridgehead atoms. The van der Waals surface area contributed by atoms with Gasteiger partial charge in [-0.1, -0.05) is 6.92 Å². The molecule has 1 aliphatic rings. The highest BCUT2D eigenvalue weighted by molar-refractivity contribution is 7.99. The molecule has 1 atom stereocenters. The van der Waals surface area contributed by atoms with Gasteiger partial charge in [0.15, 0.2) is 0 Å². The summed E-state index contributed by atoms with van der Waals surface area (Å²) in [6, 6.07) is 0.263. The quantitative estimate of drug-likeness (QED) is 0.639. The van der Waals surface area contributed by atoms with Crippen LogP contribution >= 0.6 is 23.1 Å². The van der Waals surface area contributed by atoms with Gasteiger partial charge in [-0.2, -0.15) is 0 Å². The Kier molecular flexibility index (Phi) is 6.72. The van der Waals surface area contributed by atoms with Crippen molar-refractivity contribution in [1.29, 1.82) is 0 Å². The van der Waals surface area contributed by atoms with E-state index in [1.54, 1.807) is 11.3 Å². The van der Waals surface area contributed by atoms with E-state index < -0.39 is 0 Å². The van der Waals surface area contributed by atoms with Crippen LogP contribution in [0.5, 0.6) is 0 Å². The van der Waals surface area contributed by atoms with Crippen molar-refractivity contribution in [2.45, 2.75) is 51.3 Å². The minimum atomic E-state index is -0.0334. The molecule has 6 nitrogen and oxygen atoms in total. The number of nitrogens with one attached hydrogen (secondary N) is 3. The van der Waals surface area contributed by atoms with Gasteiger partial charge < -0.3 is 15.6 Å². The molecule has 142 valence electrons. The van der Waals surface area contributed by atoms with Crippen LogP contribution in [0.2, 0.25) is 0 Å². The first-order valence-electron chi connectivity index (χ1n) is 9.19. The van der Waals surface area contributed by atoms with Gasteiger partial charge in [0, 0.05) is 17.5 Å². The smallest absolute Gasteiger partial charge is 0.259 e. The minimum absolute atomic E-state index is 0.00904. The van der Waals surface area contributed by atoms with Gasteiger partial charge in [-0.25, -0.2) is 4.98 Å². The highest BCUT2D eigenvalue weighted by Gasteiger charge is 2.19. The Balaban J connectivity index is 1.56. The summed E-state index contributed by atoms with van der Waals surface area (Å²) in [7, 11) is 0. The molecular weight excluding hydrogens is 368 g/mol. The van der Waals surface area contributed by atoms with Crippen LogP contribution in [0, 0.1) is 0 Å². The molecule has 0 unspecified atom stereocenters. The molecule has 2 aromatic heterocycles. The van der Waals surface area contributed by atoms with E-state index in [0.717, 1.165) is 36.0 Å². The van der Waals surface area contributed by atoms with Crippen molar-refractivity contribution in [3.05, 3.63) is 26.6 Å². The number of rotatable bonds is 8. The fourth-order valence-corrected chi connectivity index (χ4v) is 5.26. The second kappa shape index (κ2) is 9.01. The van der Waals surface area contributed by atoms with E-state index in [4.69, 9.17) is 0 Å². The fraction of sp³-hybridized carbons (Fsp3) is 0.611. The lowest BCUT2D eigenvalue weighted by Crippen LogP contribution is -2.39. The molecule has 0 saturated heterocycles. The SMILES string of the molecule is CCN[C@H](C)CNC(=O)CSCc1nc2sc3c(c2c(=O)[nH]1)CCCC3. The molecule has 1 amide bonds. The largest absolute Gasteiger partial charge is 0.354 e. The second-order valence-corrected chi connectivity index (χ2v) is 8.73. The summed E-state index contributed by atoms with van der Waals surface area (Å²) in [6.07, 6.45) is 4.39. The summed E-state index contributed by atoms with van der Waals surface area (Å²) >= 11 is 3.13. The maximum atomic E-state index is 12.5. The molecule has 8 heteroatoms. The lowest BCUT2D eigenvalue weighted by Gasteiger charge is -2.13. The number of carbonyl (C=O) groups excluding carboxylic acids is 1. The van der Waals surface area contributed by atoms with Crippen LogP contribution in [0.15, 0.2) is 4.79 Å². The van der Waals surface area contributed by atoms with E-state index in [-0.39, 0.29) is 17.5 Å². The molecule has 1 aliphatic carbocycles. The van der Waals surface area contributed by atoms with Gasteiger partial charge in [-0.3, -0.25) is 9.59 Å². The van der Waals surface area contributed by atoms with Gasteiger partial charge >= 0.3 is 0 Å². The molecule has 0 aliphatic heterocycles. The van der Waals surface area contributed by atoms with Crippen LogP contribution in [-0.4, -0.2) is 40.8 Å². The average molecular weight is 395 g/mol. The first-order valence-corrected chi connectivity index (χ1v) is 11.2. The fourth-order valence-electron chi connectivity index (χ4n) is 3.26. The number of aryl methyl sites for hydroxylation is 2. The van der Waals surface area contributed by atoms with Gasteiger partial charge in [0.25, 0.3) is 5.56 Å². The van der Waals surface area contributed by atoms with Crippen molar-refractivity contribution in [2.24, 2.45) is 0 Å². The Morgan fingerprint density at radius 1 is 1.38 bits per heavy atom. The first-order chi connectivity index (χ1) is 12.6. The van der Waals surface area contributed by atoms with Gasteiger partial charge in [0.1, 0.15) is 10.7 Å². The normalized spacial score (nSPS) is 15.0. The molecule has 0 saturated carbocycles. The topological polar surface area (TPSA) is 86.9 Å². The lowest BCUT2D eigenvalue weighted by atomic mass is 9.97. The molecule has 26 heavy (non-hydrogen) atoms. The number of aromatic amines is 1. The Hall–Kier alpha value is -1.38. The second-order valence-electron chi connectivity index (χ2n) is 6.66. The summed E-state index contributed by atoms with van der Waals surface area (Å²) in [5, 5.41) is 6.96. The first kappa shape index (κ1) is 19.4. The number of amides is 1. The van der Waals surface area contributed by atoms with Gasteiger partial charge in [0.2, 0.25) is 5.91 Å². The monoisotopic (exact) mass is 394 g/mol. The van der Waals surface area contributed by atoms with Crippen LogP contribution < -0.4 is 16.2 Å². The zero-order valence-electron chi connectivity index (χ0n) is 15.3. The number of H-pyrrole nitrogens is 1. The molecule has 0 radical (unpaired) electrons. The number of nitrogens with zero attached hydrogens (tertiary/aromatic N) is 1. The van der Waals surface area contributed by atoms with Crippen molar-refractivity contribution < 1.29 is 4.79 Å². The third-order valence-corrected chi connectivity index (χ3v) is 6.63. The van der Waals surface area contributed by atoms with Gasteiger partial charge in [0.05, 0.1) is 16.9 Å². The van der Waals surface area contributed by atoms with Crippen LogP contribution in [0.25, 0.3) is 10.2 Å². The molecule has 2 aromatic rings. The van der Waals surface area contributed by atoms with E-state index in [1.807, 2.05) is 13.8 Å². The predicted molar refractivity (Wildman–Crippen MR) is 109 cm³/mol. The van der Waals surface area contributed by atoms with Gasteiger partial charge in [-0.05, 0) is 44.7 Å². The van der Waals surface area contributed by atoms with Crippen molar-refractivity contribution in [2.75, 3.05) is 18.8 Å². The highest BCUT2D eigenvalue weighted by Crippen LogP contribution is 2.33. The summed E-state index contributed by atoms with van der Waals surface area (Å²) in [4.78, 5) is 34.1. The lowest BCUT2D eigenvalue weighted by molar-refractivity contribution is -0.118. The molecule has 3 rings (SSSR count). The maximum Gasteiger partial charge on any atom is 0.259 e. The highest BCUT2D eigenvalue weighted by atomic mass is 32.2. The zero-order chi connectivity index (χ0) is 18.5. The number of fused-ring (bicyclic) bond motifs is 3. The van der Waals surface area contributed by atoms with Gasteiger partial charge in [-0.15, -0.1) is 23.1 Å². The Morgan fingerprint density at radius 3 is 3.00 bits per heavy atom. The molecular formula is C18H26N4O2S2. The number of thioether (sulfide) groups is 1. The van der Waals surface area contributed by atoms with Crippen molar-refractivity contribution in [3.8, 4) is 0 Å².